The number of hydrogen-bond acceptors (Lipinski definition) is 7. The second kappa shape index (κ2) is 8.29. The Bertz CT molecular complexity index is 585. The average molecular weight is 378 g/mol. The van der Waals surface area contributed by atoms with Crippen LogP contribution in [0.1, 0.15) is 20.3 Å². The summed E-state index contributed by atoms with van der Waals surface area (Å²) in [4.78, 5) is 25.9. The number of aliphatic hydroxyl groups is 1. The Morgan fingerprint density at radius 1 is 1.56 bits per heavy atom. The van der Waals surface area contributed by atoms with Crippen molar-refractivity contribution in [3.8, 4) is 0 Å². The second-order valence-corrected chi connectivity index (χ2v) is 7.95. The monoisotopic (exact) mass is 378 g/mol. The summed E-state index contributed by atoms with van der Waals surface area (Å²) in [7, 11) is 1.85. The maximum atomic E-state index is 12.3. The molecule has 6 atom stereocenters. The number of fused-ring (bicyclic) bond motifs is 1. The summed E-state index contributed by atoms with van der Waals surface area (Å²) in [5.41, 5.74) is -0.0190. The number of nitrogens with one attached hydrogen (secondary N) is 1. The number of carbonyl (C=O) groups is 2. The van der Waals surface area contributed by atoms with Crippen LogP contribution in [0.25, 0.3) is 0 Å². The number of carboxylic acid groups (broad SMARTS) is 1. The van der Waals surface area contributed by atoms with Gasteiger partial charge in [-0.25, -0.2) is 0 Å². The summed E-state index contributed by atoms with van der Waals surface area (Å²) < 4.78 is 5.71. The Morgan fingerprint density at radius 3 is 2.80 bits per heavy atom. The number of amides is 1. The van der Waals surface area contributed by atoms with E-state index in [1.807, 2.05) is 14.0 Å². The molecule has 2 saturated heterocycles. The molecule has 0 aliphatic carbocycles. The van der Waals surface area contributed by atoms with Crippen molar-refractivity contribution in [3.05, 3.63) is 10.6 Å². The van der Waals surface area contributed by atoms with Gasteiger partial charge >= 0.3 is 29.6 Å². The first-order chi connectivity index (χ1) is 11.4. The molecule has 1 amide bonds. The average Bonchev–Trinajstić information content (AvgIpc) is 3.02. The third kappa shape index (κ3) is 3.54. The molecule has 3 rings (SSSR count). The number of carboxylic acids is 1. The zero-order chi connectivity index (χ0) is 17.6. The van der Waals surface area contributed by atoms with Gasteiger partial charge in [-0.15, -0.1) is 11.8 Å². The number of hydrogen-bond donors (Lipinski definition) is 2. The molecule has 0 aromatic rings. The molecule has 0 spiro atoms. The summed E-state index contributed by atoms with van der Waals surface area (Å²) in [5, 5.41) is 24.7. The van der Waals surface area contributed by atoms with Crippen LogP contribution in [-0.2, 0) is 14.3 Å². The van der Waals surface area contributed by atoms with Crippen molar-refractivity contribution in [3.63, 3.8) is 0 Å². The summed E-state index contributed by atoms with van der Waals surface area (Å²) in [5.74, 6) is -2.32. The van der Waals surface area contributed by atoms with Gasteiger partial charge in [0.25, 0.3) is 0 Å². The van der Waals surface area contributed by atoms with Gasteiger partial charge in [-0.3, -0.25) is 4.79 Å². The van der Waals surface area contributed by atoms with Crippen LogP contribution in [0.2, 0.25) is 0 Å². The molecule has 3 aliphatic rings. The summed E-state index contributed by atoms with van der Waals surface area (Å²) in [6.45, 7) is 4.84. The maximum Gasteiger partial charge on any atom is 1.00 e. The van der Waals surface area contributed by atoms with Crippen LogP contribution in [0, 0.1) is 11.8 Å². The topological polar surface area (TPSA) is 102 Å². The molecule has 0 aromatic heterocycles. The van der Waals surface area contributed by atoms with E-state index in [4.69, 9.17) is 4.74 Å². The Morgan fingerprint density at radius 2 is 2.24 bits per heavy atom. The molecule has 25 heavy (non-hydrogen) atoms. The zero-order valence-electron chi connectivity index (χ0n) is 15.0. The van der Waals surface area contributed by atoms with E-state index in [-0.39, 0.29) is 64.5 Å². The first-order valence-corrected chi connectivity index (χ1v) is 9.16. The molecular formula is C16H23N2NaO5S. The van der Waals surface area contributed by atoms with Crippen molar-refractivity contribution in [2.75, 3.05) is 20.2 Å². The van der Waals surface area contributed by atoms with Gasteiger partial charge in [0.05, 0.1) is 35.8 Å². The largest absolute Gasteiger partial charge is 1.00 e. The molecular weight excluding hydrogens is 355 g/mol. The smallest absolute Gasteiger partial charge is 0.543 e. The molecule has 2 N–H and O–H groups in total. The molecule has 134 valence electrons. The predicted molar refractivity (Wildman–Crippen MR) is 86.7 cm³/mol. The van der Waals surface area contributed by atoms with Gasteiger partial charge in [0.15, 0.2) is 0 Å². The van der Waals surface area contributed by atoms with Gasteiger partial charge in [0, 0.05) is 29.2 Å². The van der Waals surface area contributed by atoms with E-state index in [1.54, 1.807) is 6.92 Å². The number of ether oxygens (including phenoxy) is 1. The van der Waals surface area contributed by atoms with E-state index < -0.39 is 18.0 Å². The summed E-state index contributed by atoms with van der Waals surface area (Å²) in [6, 6.07) is -0.294. The predicted octanol–water partition coefficient (Wildman–Crippen LogP) is -4.08. The Labute approximate surface area is 173 Å². The fourth-order valence-corrected chi connectivity index (χ4v) is 5.50. The van der Waals surface area contributed by atoms with Crippen LogP contribution < -0.4 is 40.0 Å². The van der Waals surface area contributed by atoms with Crippen LogP contribution in [0.5, 0.6) is 0 Å². The minimum absolute atomic E-state index is 0. The van der Waals surface area contributed by atoms with Crippen LogP contribution >= 0.6 is 11.8 Å². The third-order valence-corrected chi connectivity index (χ3v) is 6.80. The van der Waals surface area contributed by atoms with Gasteiger partial charge in [0.2, 0.25) is 5.91 Å². The molecule has 0 aromatic carbocycles. The van der Waals surface area contributed by atoms with Crippen LogP contribution in [0.3, 0.4) is 0 Å². The van der Waals surface area contributed by atoms with Crippen LogP contribution in [0.15, 0.2) is 10.6 Å². The SMILES string of the molecule is CNC[C@H]1OCC[C@H]1SC1=C(C(=O)[O-])N2C(=O)[C@H]([C@@H](C)O)[C@H]2[C@H]1C.[Na+]. The van der Waals surface area contributed by atoms with Gasteiger partial charge in [-0.1, -0.05) is 6.92 Å². The Hall–Kier alpha value is -0.0900. The van der Waals surface area contributed by atoms with Crippen LogP contribution in [-0.4, -0.2) is 65.6 Å². The molecule has 7 nitrogen and oxygen atoms in total. The number of likely N-dealkylation sites (N-methyl/N-ethyl adjacent to an activating group) is 1. The van der Waals surface area contributed by atoms with Crippen molar-refractivity contribution in [2.45, 2.75) is 43.8 Å². The van der Waals surface area contributed by atoms with E-state index in [0.717, 1.165) is 6.42 Å². The van der Waals surface area contributed by atoms with Crippen molar-refractivity contribution < 1.29 is 54.1 Å². The van der Waals surface area contributed by atoms with Gasteiger partial charge in [0.1, 0.15) is 0 Å². The number of rotatable bonds is 6. The number of aliphatic hydroxyl groups excluding tert-OH is 1. The molecule has 9 heteroatoms. The molecule has 0 unspecified atom stereocenters. The molecule has 0 radical (unpaired) electrons. The molecule has 0 saturated carbocycles. The summed E-state index contributed by atoms with van der Waals surface area (Å²) >= 11 is 1.49. The van der Waals surface area contributed by atoms with Crippen LogP contribution in [0.4, 0.5) is 0 Å². The minimum atomic E-state index is -1.33. The van der Waals surface area contributed by atoms with E-state index in [9.17, 15) is 19.8 Å². The minimum Gasteiger partial charge on any atom is -0.543 e. The first kappa shape index (κ1) is 21.2. The number of thioether (sulfide) groups is 1. The molecule has 0 bridgehead atoms. The number of aliphatic carboxylic acids is 1. The van der Waals surface area contributed by atoms with Crippen molar-refractivity contribution >= 4 is 23.6 Å². The number of carbonyl (C=O) groups excluding carboxylic acids is 2. The van der Waals surface area contributed by atoms with Crippen molar-refractivity contribution in [1.82, 2.24) is 10.2 Å². The van der Waals surface area contributed by atoms with E-state index in [0.29, 0.717) is 18.1 Å². The first-order valence-electron chi connectivity index (χ1n) is 8.28. The van der Waals surface area contributed by atoms with Gasteiger partial charge < -0.3 is 30.0 Å². The molecule has 3 aliphatic heterocycles. The van der Waals surface area contributed by atoms with Crippen molar-refractivity contribution in [2.24, 2.45) is 11.8 Å². The number of β-lactam (4-membered cyclic amide) rings is 1. The zero-order valence-corrected chi connectivity index (χ0v) is 17.8. The summed E-state index contributed by atoms with van der Waals surface area (Å²) in [6.07, 6.45) is 0.0612. The normalized spacial score (nSPS) is 35.3. The molecule has 3 heterocycles. The second-order valence-electron chi connectivity index (χ2n) is 6.67. The Balaban J connectivity index is 0.00000225. The maximum absolute atomic E-state index is 12.3. The van der Waals surface area contributed by atoms with Gasteiger partial charge in [-0.2, -0.15) is 0 Å². The Kier molecular flexibility index (Phi) is 7.03. The fourth-order valence-electron chi connectivity index (χ4n) is 3.99. The van der Waals surface area contributed by atoms with Crippen molar-refractivity contribution in [1.29, 1.82) is 0 Å². The molecule has 2 fully saturated rings. The van der Waals surface area contributed by atoms with Gasteiger partial charge in [-0.05, 0) is 20.4 Å². The number of nitrogens with zero attached hydrogens (tertiary/aromatic N) is 1. The third-order valence-electron chi connectivity index (χ3n) is 5.13. The van der Waals surface area contributed by atoms with E-state index in [1.165, 1.54) is 16.7 Å². The van der Waals surface area contributed by atoms with E-state index in [2.05, 4.69) is 5.32 Å². The fraction of sp³-hybridized carbons (Fsp3) is 0.750. The quantitative estimate of drug-likeness (QED) is 0.358. The standard InChI is InChI=1S/C16H24N2O5S.Na/c1-7-12-11(8(2)19)15(20)18(12)13(16(21)22)14(7)24-10-4-5-23-9(10)6-17-3;/h7-12,17,19H,4-6H2,1-3H3,(H,21,22);/q;+1/p-1/t7-,8-,9-,10-,11-,12-;/m1./s1. The van der Waals surface area contributed by atoms with E-state index >= 15 is 0 Å².